The molecule has 0 spiro atoms. The Hall–Kier alpha value is -2.73. The number of thiazole rings is 1. The Kier molecular flexibility index (Phi) is 4.63. The molecule has 5 nitrogen and oxygen atoms in total. The molecule has 0 saturated heterocycles. The van der Waals surface area contributed by atoms with Gasteiger partial charge in [-0.05, 0) is 12.1 Å². The predicted molar refractivity (Wildman–Crippen MR) is 92.5 cm³/mol. The molecule has 6 heteroatoms. The predicted octanol–water partition coefficient (Wildman–Crippen LogP) is 3.18. The molecule has 0 atom stereocenters. The van der Waals surface area contributed by atoms with E-state index in [0.29, 0.717) is 17.9 Å². The highest BCUT2D eigenvalue weighted by Gasteiger charge is 2.11. The maximum absolute atomic E-state index is 11.8. The van der Waals surface area contributed by atoms with Crippen molar-refractivity contribution in [1.29, 1.82) is 0 Å². The third-order valence-electron chi connectivity index (χ3n) is 3.29. The van der Waals surface area contributed by atoms with Crippen LogP contribution in [0.5, 0.6) is 0 Å². The molecule has 0 saturated carbocycles. The lowest BCUT2D eigenvalue weighted by Crippen LogP contribution is -2.20. The highest BCUT2D eigenvalue weighted by molar-refractivity contribution is 7.13. The maximum atomic E-state index is 11.8. The molecule has 3 rings (SSSR count). The third kappa shape index (κ3) is 3.54. The standard InChI is InChI=1S/C17H16N4OS/c1-18-16(22)14-8-5-9-19-15(14)20-10-13-11-23-17(21-13)12-6-3-2-4-7-12/h2-9,11H,10H2,1H3,(H,18,22)(H,19,20). The first-order valence-electron chi connectivity index (χ1n) is 7.18. The summed E-state index contributed by atoms with van der Waals surface area (Å²) >= 11 is 1.60. The number of hydrogen-bond donors (Lipinski definition) is 2. The molecule has 2 aromatic heterocycles. The number of pyridine rings is 1. The van der Waals surface area contributed by atoms with E-state index >= 15 is 0 Å². The highest BCUT2D eigenvalue weighted by Crippen LogP contribution is 2.23. The number of hydrogen-bond acceptors (Lipinski definition) is 5. The smallest absolute Gasteiger partial charge is 0.254 e. The average molecular weight is 324 g/mol. The van der Waals surface area contributed by atoms with Gasteiger partial charge in [-0.3, -0.25) is 4.79 Å². The lowest BCUT2D eigenvalue weighted by Gasteiger charge is -2.08. The topological polar surface area (TPSA) is 66.9 Å². The fourth-order valence-electron chi connectivity index (χ4n) is 2.14. The van der Waals surface area contributed by atoms with E-state index in [4.69, 9.17) is 0 Å². The van der Waals surface area contributed by atoms with E-state index in [1.54, 1.807) is 36.7 Å². The van der Waals surface area contributed by atoms with Crippen LogP contribution in [0, 0.1) is 0 Å². The fraction of sp³-hybridized carbons (Fsp3) is 0.118. The van der Waals surface area contributed by atoms with Crippen LogP contribution in [0.25, 0.3) is 10.6 Å². The number of nitrogens with zero attached hydrogens (tertiary/aromatic N) is 2. The molecule has 1 amide bonds. The van der Waals surface area contributed by atoms with E-state index in [2.05, 4.69) is 20.6 Å². The molecule has 0 aliphatic carbocycles. The summed E-state index contributed by atoms with van der Waals surface area (Å²) < 4.78 is 0. The van der Waals surface area contributed by atoms with Crippen LogP contribution in [-0.4, -0.2) is 22.9 Å². The monoisotopic (exact) mass is 324 g/mol. The number of carbonyl (C=O) groups is 1. The van der Waals surface area contributed by atoms with Crippen LogP contribution in [0.4, 0.5) is 5.82 Å². The van der Waals surface area contributed by atoms with Crippen LogP contribution >= 0.6 is 11.3 Å². The van der Waals surface area contributed by atoms with Gasteiger partial charge in [0.1, 0.15) is 10.8 Å². The fourth-order valence-corrected chi connectivity index (χ4v) is 2.97. The van der Waals surface area contributed by atoms with Crippen molar-refractivity contribution in [3.8, 4) is 10.6 Å². The zero-order valence-electron chi connectivity index (χ0n) is 12.6. The first kappa shape index (κ1) is 15.2. The second kappa shape index (κ2) is 7.02. The van der Waals surface area contributed by atoms with E-state index in [0.717, 1.165) is 16.3 Å². The molecule has 0 bridgehead atoms. The van der Waals surface area contributed by atoms with Gasteiger partial charge in [-0.25, -0.2) is 9.97 Å². The summed E-state index contributed by atoms with van der Waals surface area (Å²) in [5, 5.41) is 8.79. The Morgan fingerprint density at radius 2 is 2.00 bits per heavy atom. The van der Waals surface area contributed by atoms with Gasteiger partial charge >= 0.3 is 0 Å². The third-order valence-corrected chi connectivity index (χ3v) is 4.23. The minimum absolute atomic E-state index is 0.163. The van der Waals surface area contributed by atoms with Gasteiger partial charge < -0.3 is 10.6 Å². The summed E-state index contributed by atoms with van der Waals surface area (Å²) in [5.74, 6) is 0.393. The van der Waals surface area contributed by atoms with Crippen molar-refractivity contribution >= 4 is 23.1 Å². The summed E-state index contributed by atoms with van der Waals surface area (Å²) in [7, 11) is 1.60. The molecule has 0 unspecified atom stereocenters. The van der Waals surface area contributed by atoms with Crippen LogP contribution in [0.1, 0.15) is 16.1 Å². The summed E-state index contributed by atoms with van der Waals surface area (Å²) in [4.78, 5) is 20.7. The van der Waals surface area contributed by atoms with E-state index in [-0.39, 0.29) is 5.91 Å². The zero-order chi connectivity index (χ0) is 16.1. The van der Waals surface area contributed by atoms with Crippen LogP contribution in [0.3, 0.4) is 0 Å². The molecular formula is C17H16N4OS. The van der Waals surface area contributed by atoms with Crippen LogP contribution < -0.4 is 10.6 Å². The maximum Gasteiger partial charge on any atom is 0.254 e. The zero-order valence-corrected chi connectivity index (χ0v) is 13.4. The Balaban J connectivity index is 1.73. The summed E-state index contributed by atoms with van der Waals surface area (Å²) in [6.07, 6.45) is 1.66. The lowest BCUT2D eigenvalue weighted by molar-refractivity contribution is 0.0963. The second-order valence-corrected chi connectivity index (χ2v) is 5.70. The van der Waals surface area contributed by atoms with Gasteiger partial charge in [0.15, 0.2) is 0 Å². The van der Waals surface area contributed by atoms with Gasteiger partial charge in [-0.1, -0.05) is 30.3 Å². The number of carbonyl (C=O) groups excluding carboxylic acids is 1. The number of anilines is 1. The molecule has 0 aliphatic heterocycles. The summed E-state index contributed by atoms with van der Waals surface area (Å²) in [5.41, 5.74) is 2.54. The van der Waals surface area contributed by atoms with Crippen molar-refractivity contribution < 1.29 is 4.79 Å². The van der Waals surface area contributed by atoms with Crippen molar-refractivity contribution in [2.24, 2.45) is 0 Å². The highest BCUT2D eigenvalue weighted by atomic mass is 32.1. The molecule has 0 aliphatic rings. The van der Waals surface area contributed by atoms with Gasteiger partial charge in [0.2, 0.25) is 0 Å². The van der Waals surface area contributed by atoms with E-state index in [1.165, 1.54) is 0 Å². The van der Waals surface area contributed by atoms with Crippen LogP contribution in [-0.2, 0) is 6.54 Å². The number of benzene rings is 1. The van der Waals surface area contributed by atoms with E-state index < -0.39 is 0 Å². The molecule has 116 valence electrons. The van der Waals surface area contributed by atoms with Crippen molar-refractivity contribution in [2.75, 3.05) is 12.4 Å². The normalized spacial score (nSPS) is 10.3. The van der Waals surface area contributed by atoms with Crippen molar-refractivity contribution in [3.05, 3.63) is 65.3 Å². The first-order valence-corrected chi connectivity index (χ1v) is 8.06. The second-order valence-electron chi connectivity index (χ2n) is 4.84. The number of rotatable bonds is 5. The van der Waals surface area contributed by atoms with Gasteiger partial charge in [-0.2, -0.15) is 0 Å². The number of nitrogens with one attached hydrogen (secondary N) is 2. The number of amides is 1. The average Bonchev–Trinajstić information content (AvgIpc) is 3.09. The first-order chi connectivity index (χ1) is 11.3. The minimum atomic E-state index is -0.163. The van der Waals surface area contributed by atoms with Gasteiger partial charge in [0.25, 0.3) is 5.91 Å². The molecule has 3 aromatic rings. The molecule has 2 N–H and O–H groups in total. The van der Waals surface area contributed by atoms with Crippen molar-refractivity contribution in [3.63, 3.8) is 0 Å². The van der Waals surface area contributed by atoms with Gasteiger partial charge in [-0.15, -0.1) is 11.3 Å². The van der Waals surface area contributed by atoms with E-state index in [1.807, 2.05) is 35.7 Å². The minimum Gasteiger partial charge on any atom is -0.364 e. The van der Waals surface area contributed by atoms with Crippen molar-refractivity contribution in [1.82, 2.24) is 15.3 Å². The summed E-state index contributed by atoms with van der Waals surface area (Å²) in [6, 6.07) is 13.5. The van der Waals surface area contributed by atoms with Gasteiger partial charge in [0, 0.05) is 24.2 Å². The van der Waals surface area contributed by atoms with Gasteiger partial charge in [0.05, 0.1) is 17.8 Å². The number of aromatic nitrogens is 2. The Bertz CT molecular complexity index is 801. The van der Waals surface area contributed by atoms with E-state index in [9.17, 15) is 4.79 Å². The molecule has 23 heavy (non-hydrogen) atoms. The Labute approximate surface area is 138 Å². The Morgan fingerprint density at radius 3 is 2.78 bits per heavy atom. The SMILES string of the molecule is CNC(=O)c1cccnc1NCc1csc(-c2ccccc2)n1. The molecule has 1 aromatic carbocycles. The largest absolute Gasteiger partial charge is 0.364 e. The quantitative estimate of drug-likeness (QED) is 0.756. The lowest BCUT2D eigenvalue weighted by atomic mass is 10.2. The molecule has 0 fully saturated rings. The molecule has 2 heterocycles. The van der Waals surface area contributed by atoms with Crippen LogP contribution in [0.2, 0.25) is 0 Å². The Morgan fingerprint density at radius 1 is 1.17 bits per heavy atom. The molecular weight excluding hydrogens is 308 g/mol. The van der Waals surface area contributed by atoms with Crippen molar-refractivity contribution in [2.45, 2.75) is 6.54 Å². The van der Waals surface area contributed by atoms with Crippen LogP contribution in [0.15, 0.2) is 54.0 Å². The molecule has 0 radical (unpaired) electrons. The summed E-state index contributed by atoms with van der Waals surface area (Å²) in [6.45, 7) is 0.518.